The molecule has 1 heterocycles. The van der Waals surface area contributed by atoms with Gasteiger partial charge in [0.2, 0.25) is 0 Å². The average Bonchev–Trinajstić information content (AvgIpc) is 3.48. The Morgan fingerprint density at radius 1 is 0.545 bits per heavy atom. The lowest BCUT2D eigenvalue weighted by atomic mass is 9.67. The first kappa shape index (κ1) is 17.5. The van der Waals surface area contributed by atoms with Gasteiger partial charge in [0.15, 0.2) is 0 Å². The van der Waals surface area contributed by atoms with Crippen LogP contribution in [-0.4, -0.2) is 7.85 Å². The second kappa shape index (κ2) is 5.85. The summed E-state index contributed by atoms with van der Waals surface area (Å²) in [5.41, 5.74) is 13.8. The van der Waals surface area contributed by atoms with E-state index in [0.717, 1.165) is 11.2 Å². The topological polar surface area (TPSA) is 13.1 Å². The third-order valence-electron chi connectivity index (χ3n) is 7.82. The molecular formula is C31H19BO. The van der Waals surface area contributed by atoms with Gasteiger partial charge < -0.3 is 4.42 Å². The van der Waals surface area contributed by atoms with Gasteiger partial charge in [-0.25, -0.2) is 0 Å². The summed E-state index contributed by atoms with van der Waals surface area (Å²) in [7, 11) is 2.26. The van der Waals surface area contributed by atoms with Crippen LogP contribution in [0.25, 0.3) is 44.2 Å². The molecule has 1 unspecified atom stereocenters. The van der Waals surface area contributed by atoms with E-state index in [1.807, 2.05) is 6.07 Å². The Kier molecular flexibility index (Phi) is 3.10. The predicted molar refractivity (Wildman–Crippen MR) is 138 cm³/mol. The molecule has 2 aliphatic carbocycles. The second-order valence-corrected chi connectivity index (χ2v) is 9.30. The molecule has 0 amide bonds. The van der Waals surface area contributed by atoms with E-state index >= 15 is 0 Å². The van der Waals surface area contributed by atoms with Gasteiger partial charge in [0.25, 0.3) is 0 Å². The highest BCUT2D eigenvalue weighted by molar-refractivity contribution is 6.35. The molecule has 0 fully saturated rings. The standard InChI is InChI=1S/C31H19BO/c32-25-14-7-11-19-18-8-1-4-12-22(18)31(30(19)25)23-13-5-2-9-20(23)28-24(31)16-17-27-29(28)21-10-3-6-15-26(21)33-27/h1-17H,32H2. The first-order valence-electron chi connectivity index (χ1n) is 11.5. The van der Waals surface area contributed by atoms with Crippen LogP contribution in [0.15, 0.2) is 108 Å². The minimum absolute atomic E-state index is 0.310. The lowest BCUT2D eigenvalue weighted by molar-refractivity contribution is 0.668. The molecule has 0 N–H and O–H groups in total. The number of hydrogen-bond acceptors (Lipinski definition) is 1. The van der Waals surface area contributed by atoms with Crippen LogP contribution in [0, 0.1) is 0 Å². The molecule has 0 bridgehead atoms. The van der Waals surface area contributed by atoms with Gasteiger partial charge in [0, 0.05) is 10.8 Å². The first-order valence-corrected chi connectivity index (χ1v) is 11.5. The predicted octanol–water partition coefficient (Wildman–Crippen LogP) is 6.19. The summed E-state index contributed by atoms with van der Waals surface area (Å²) in [6.07, 6.45) is 0. The van der Waals surface area contributed by atoms with Gasteiger partial charge in [0.05, 0.1) is 5.41 Å². The molecule has 152 valence electrons. The Labute approximate surface area is 192 Å². The molecule has 33 heavy (non-hydrogen) atoms. The quantitative estimate of drug-likeness (QED) is 0.268. The maximum Gasteiger partial charge on any atom is 0.139 e. The van der Waals surface area contributed by atoms with Gasteiger partial charge in [-0.3, -0.25) is 0 Å². The van der Waals surface area contributed by atoms with E-state index < -0.39 is 0 Å². The Balaban J connectivity index is 1.66. The van der Waals surface area contributed by atoms with Crippen LogP contribution in [0.1, 0.15) is 22.3 Å². The van der Waals surface area contributed by atoms with Crippen LogP contribution in [-0.2, 0) is 5.41 Å². The van der Waals surface area contributed by atoms with Crippen molar-refractivity contribution < 1.29 is 4.42 Å². The van der Waals surface area contributed by atoms with Crippen LogP contribution in [0.2, 0.25) is 0 Å². The molecule has 0 saturated heterocycles. The molecule has 1 spiro atoms. The van der Waals surface area contributed by atoms with Crippen molar-refractivity contribution >= 4 is 35.2 Å². The summed E-state index contributed by atoms with van der Waals surface area (Å²) in [5, 5.41) is 2.42. The van der Waals surface area contributed by atoms with Gasteiger partial charge in [-0.05, 0) is 56.6 Å². The second-order valence-electron chi connectivity index (χ2n) is 9.30. The van der Waals surface area contributed by atoms with E-state index in [1.165, 1.54) is 60.7 Å². The van der Waals surface area contributed by atoms with Crippen LogP contribution in [0.5, 0.6) is 0 Å². The monoisotopic (exact) mass is 418 g/mol. The summed E-state index contributed by atoms with van der Waals surface area (Å²) in [5.74, 6) is 0. The third-order valence-corrected chi connectivity index (χ3v) is 7.82. The van der Waals surface area contributed by atoms with Crippen LogP contribution < -0.4 is 5.46 Å². The summed E-state index contributed by atoms with van der Waals surface area (Å²) in [6, 6.07) is 37.6. The van der Waals surface area contributed by atoms with Crippen molar-refractivity contribution in [2.45, 2.75) is 5.41 Å². The largest absolute Gasteiger partial charge is 0.456 e. The molecule has 1 nitrogen and oxygen atoms in total. The lowest BCUT2D eigenvalue weighted by Crippen LogP contribution is -2.31. The van der Waals surface area contributed by atoms with Gasteiger partial charge in [-0.1, -0.05) is 96.5 Å². The smallest absolute Gasteiger partial charge is 0.139 e. The Morgan fingerprint density at radius 2 is 1.24 bits per heavy atom. The van der Waals surface area contributed by atoms with Gasteiger partial charge >= 0.3 is 0 Å². The molecule has 0 radical (unpaired) electrons. The Morgan fingerprint density at radius 3 is 2.12 bits per heavy atom. The van der Waals surface area contributed by atoms with Gasteiger partial charge in [-0.15, -0.1) is 0 Å². The maximum absolute atomic E-state index is 6.31. The zero-order valence-corrected chi connectivity index (χ0v) is 18.2. The maximum atomic E-state index is 6.31. The number of benzene rings is 5. The van der Waals surface area contributed by atoms with Crippen LogP contribution >= 0.6 is 0 Å². The molecule has 5 aromatic carbocycles. The number of furan rings is 1. The van der Waals surface area contributed by atoms with Crippen LogP contribution in [0.4, 0.5) is 0 Å². The fourth-order valence-electron chi connectivity index (χ4n) is 6.71. The molecular weight excluding hydrogens is 399 g/mol. The SMILES string of the molecule is Bc1cccc2c1C1(c3ccccc3-2)c2ccccc2-c2c1ccc1oc3ccccc3c21. The van der Waals surface area contributed by atoms with Crippen molar-refractivity contribution in [3.05, 3.63) is 125 Å². The van der Waals surface area contributed by atoms with Crippen molar-refractivity contribution in [1.82, 2.24) is 0 Å². The number of hydrogen-bond donors (Lipinski definition) is 0. The molecule has 8 rings (SSSR count). The van der Waals surface area contributed by atoms with E-state index in [4.69, 9.17) is 4.42 Å². The highest BCUT2D eigenvalue weighted by Crippen LogP contribution is 2.63. The van der Waals surface area contributed by atoms with E-state index in [0.29, 0.717) is 0 Å². The molecule has 2 heteroatoms. The van der Waals surface area contributed by atoms with E-state index in [9.17, 15) is 0 Å². The minimum Gasteiger partial charge on any atom is -0.456 e. The molecule has 0 aliphatic heterocycles. The van der Waals surface area contributed by atoms with Crippen molar-refractivity contribution in [2.75, 3.05) is 0 Å². The summed E-state index contributed by atoms with van der Waals surface area (Å²) < 4.78 is 6.31. The molecule has 0 saturated carbocycles. The van der Waals surface area contributed by atoms with Crippen molar-refractivity contribution in [1.29, 1.82) is 0 Å². The van der Waals surface area contributed by atoms with E-state index in [2.05, 4.69) is 105 Å². The lowest BCUT2D eigenvalue weighted by Gasteiger charge is -2.31. The van der Waals surface area contributed by atoms with Crippen molar-refractivity contribution in [3.8, 4) is 22.3 Å². The fraction of sp³-hybridized carbons (Fsp3) is 0.0323. The highest BCUT2D eigenvalue weighted by Gasteiger charge is 2.52. The normalized spacial score (nSPS) is 17.3. The zero-order valence-electron chi connectivity index (χ0n) is 18.2. The molecule has 1 atom stereocenters. The van der Waals surface area contributed by atoms with Crippen molar-refractivity contribution in [3.63, 3.8) is 0 Å². The number of rotatable bonds is 0. The third kappa shape index (κ3) is 1.89. The Hall–Kier alpha value is -4.04. The average molecular weight is 418 g/mol. The minimum atomic E-state index is -0.310. The summed E-state index contributed by atoms with van der Waals surface area (Å²) >= 11 is 0. The first-order chi connectivity index (χ1) is 16.3. The summed E-state index contributed by atoms with van der Waals surface area (Å²) in [6.45, 7) is 0. The Bertz CT molecular complexity index is 1790. The highest BCUT2D eigenvalue weighted by atomic mass is 16.3. The van der Waals surface area contributed by atoms with Crippen molar-refractivity contribution in [2.24, 2.45) is 0 Å². The number of para-hydroxylation sites is 1. The zero-order chi connectivity index (χ0) is 21.7. The molecule has 6 aromatic rings. The van der Waals surface area contributed by atoms with Gasteiger partial charge in [0.1, 0.15) is 19.0 Å². The van der Waals surface area contributed by atoms with E-state index in [-0.39, 0.29) is 5.41 Å². The van der Waals surface area contributed by atoms with Gasteiger partial charge in [-0.2, -0.15) is 0 Å². The van der Waals surface area contributed by atoms with E-state index in [1.54, 1.807) is 0 Å². The fourth-order valence-corrected chi connectivity index (χ4v) is 6.71. The molecule has 2 aliphatic rings. The molecule has 1 aromatic heterocycles. The number of fused-ring (bicyclic) bond motifs is 14. The summed E-state index contributed by atoms with van der Waals surface area (Å²) in [4.78, 5) is 0. The van der Waals surface area contributed by atoms with Crippen LogP contribution in [0.3, 0.4) is 0 Å².